The number of aliphatic hydroxyl groups is 1. The molecule has 0 fully saturated rings. The Morgan fingerprint density at radius 3 is 1.91 bits per heavy atom. The molecule has 3 heteroatoms. The summed E-state index contributed by atoms with van der Waals surface area (Å²) in [5.74, 6) is 1.31. The van der Waals surface area contributed by atoms with E-state index < -0.39 is 0 Å². The molecule has 0 radical (unpaired) electrons. The predicted molar refractivity (Wildman–Crippen MR) is 105 cm³/mol. The Labute approximate surface area is 151 Å². The topological polar surface area (TPSA) is 29.5 Å². The van der Waals surface area contributed by atoms with E-state index in [1.54, 1.807) is 12.2 Å². The van der Waals surface area contributed by atoms with Gasteiger partial charge in [0, 0.05) is 11.9 Å². The maximum atomic E-state index is 8.66. The third kappa shape index (κ3) is 14.7. The van der Waals surface area contributed by atoms with Gasteiger partial charge in [0.05, 0.1) is 13.2 Å². The van der Waals surface area contributed by atoms with Crippen LogP contribution in [0.2, 0.25) is 0 Å². The standard InChI is InChI=1S/C10H16O.C7H12O.C3H5Br/c1-2-8-11-9-10-6-4-3-5-7-10;8-6-7-4-2-1-3-5-7;1-2-3-4/h2-4,10H,1,5-9H2;1-2,7-8H,3-6H2;2H,1,3H2. The fraction of sp³-hybridized carbons (Fsp3) is 0.600. The molecule has 0 aromatic heterocycles. The van der Waals surface area contributed by atoms with E-state index in [0.717, 1.165) is 30.7 Å². The minimum absolute atomic E-state index is 0.365. The van der Waals surface area contributed by atoms with Crippen LogP contribution in [0.15, 0.2) is 49.6 Å². The van der Waals surface area contributed by atoms with Gasteiger partial charge in [0.2, 0.25) is 0 Å². The number of alkyl halides is 1. The highest BCUT2D eigenvalue weighted by Crippen LogP contribution is 2.18. The van der Waals surface area contributed by atoms with Crippen molar-refractivity contribution < 1.29 is 9.84 Å². The monoisotopic (exact) mass is 384 g/mol. The Kier molecular flexibility index (Phi) is 17.2. The maximum absolute atomic E-state index is 8.66. The molecule has 0 bridgehead atoms. The van der Waals surface area contributed by atoms with Crippen molar-refractivity contribution in [1.82, 2.24) is 0 Å². The number of halogens is 1. The highest BCUT2D eigenvalue weighted by Gasteiger charge is 2.08. The van der Waals surface area contributed by atoms with Gasteiger partial charge >= 0.3 is 0 Å². The SMILES string of the molecule is C=CCBr.C=CCOCC1CC=CCC1.OCC1CC=CCC1. The van der Waals surface area contributed by atoms with Gasteiger partial charge in [-0.1, -0.05) is 52.4 Å². The molecule has 0 aliphatic heterocycles. The van der Waals surface area contributed by atoms with Crippen molar-refractivity contribution in [3.8, 4) is 0 Å². The maximum Gasteiger partial charge on any atom is 0.0644 e. The van der Waals surface area contributed by atoms with Gasteiger partial charge in [-0.15, -0.1) is 13.2 Å². The van der Waals surface area contributed by atoms with Crippen LogP contribution in [0, 0.1) is 11.8 Å². The number of allylic oxidation sites excluding steroid dienone is 5. The lowest BCUT2D eigenvalue weighted by Gasteiger charge is -2.16. The Balaban J connectivity index is 0.000000354. The summed E-state index contributed by atoms with van der Waals surface area (Å²) in [6, 6.07) is 0. The lowest BCUT2D eigenvalue weighted by Crippen LogP contribution is -2.10. The number of hydrogen-bond donors (Lipinski definition) is 1. The van der Waals surface area contributed by atoms with Gasteiger partial charge in [0.1, 0.15) is 0 Å². The summed E-state index contributed by atoms with van der Waals surface area (Å²) in [7, 11) is 0. The van der Waals surface area contributed by atoms with E-state index in [4.69, 9.17) is 9.84 Å². The smallest absolute Gasteiger partial charge is 0.0644 e. The van der Waals surface area contributed by atoms with Crippen LogP contribution in [0.4, 0.5) is 0 Å². The molecule has 0 aromatic carbocycles. The Bertz CT molecular complexity index is 337. The molecule has 2 rings (SSSR count). The first-order valence-electron chi connectivity index (χ1n) is 8.54. The zero-order chi connectivity index (χ0) is 17.2. The fourth-order valence-electron chi connectivity index (χ4n) is 2.35. The van der Waals surface area contributed by atoms with Gasteiger partial charge in [0.15, 0.2) is 0 Å². The highest BCUT2D eigenvalue weighted by atomic mass is 79.9. The summed E-state index contributed by atoms with van der Waals surface area (Å²) in [6.07, 6.45) is 19.6. The second-order valence-electron chi connectivity index (χ2n) is 5.75. The molecular formula is C20H33BrO2. The van der Waals surface area contributed by atoms with Crippen molar-refractivity contribution in [3.63, 3.8) is 0 Å². The van der Waals surface area contributed by atoms with Gasteiger partial charge in [-0.05, 0) is 50.4 Å². The Hall–Kier alpha value is -0.640. The van der Waals surface area contributed by atoms with Crippen molar-refractivity contribution in [2.75, 3.05) is 25.2 Å². The van der Waals surface area contributed by atoms with Crippen LogP contribution in [-0.4, -0.2) is 30.3 Å². The molecule has 2 aliphatic carbocycles. The zero-order valence-corrected chi connectivity index (χ0v) is 15.9. The second-order valence-corrected chi connectivity index (χ2v) is 6.40. The van der Waals surface area contributed by atoms with E-state index in [1.165, 1.54) is 25.7 Å². The first-order chi connectivity index (χ1) is 11.3. The predicted octanol–water partition coefficient (Wildman–Crippen LogP) is 5.45. The van der Waals surface area contributed by atoms with E-state index in [-0.39, 0.29) is 0 Å². The van der Waals surface area contributed by atoms with Crippen LogP contribution in [0.25, 0.3) is 0 Å². The molecule has 0 saturated carbocycles. The van der Waals surface area contributed by atoms with Crippen LogP contribution in [0.3, 0.4) is 0 Å². The van der Waals surface area contributed by atoms with Crippen LogP contribution in [-0.2, 0) is 4.74 Å². The van der Waals surface area contributed by atoms with Crippen molar-refractivity contribution in [2.45, 2.75) is 38.5 Å². The molecule has 0 amide bonds. The van der Waals surface area contributed by atoms with Gasteiger partial charge < -0.3 is 9.84 Å². The van der Waals surface area contributed by atoms with Crippen molar-refractivity contribution in [2.24, 2.45) is 11.8 Å². The van der Waals surface area contributed by atoms with E-state index in [9.17, 15) is 0 Å². The Morgan fingerprint density at radius 2 is 1.57 bits per heavy atom. The summed E-state index contributed by atoms with van der Waals surface area (Å²) in [6.45, 7) is 9.00. The van der Waals surface area contributed by atoms with Crippen LogP contribution < -0.4 is 0 Å². The van der Waals surface area contributed by atoms with Gasteiger partial charge in [-0.25, -0.2) is 0 Å². The van der Waals surface area contributed by atoms with Crippen molar-refractivity contribution >= 4 is 15.9 Å². The molecular weight excluding hydrogens is 352 g/mol. The van der Waals surface area contributed by atoms with Crippen molar-refractivity contribution in [1.29, 1.82) is 0 Å². The van der Waals surface area contributed by atoms with Crippen LogP contribution >= 0.6 is 15.9 Å². The van der Waals surface area contributed by atoms with E-state index in [0.29, 0.717) is 19.1 Å². The lowest BCUT2D eigenvalue weighted by atomic mass is 9.95. The summed E-state index contributed by atoms with van der Waals surface area (Å²) in [5.41, 5.74) is 0. The molecule has 2 unspecified atom stereocenters. The quantitative estimate of drug-likeness (QED) is 0.374. The summed E-state index contributed by atoms with van der Waals surface area (Å²) in [5, 5.41) is 9.55. The zero-order valence-electron chi connectivity index (χ0n) is 14.3. The summed E-state index contributed by atoms with van der Waals surface area (Å²) >= 11 is 3.13. The highest BCUT2D eigenvalue weighted by molar-refractivity contribution is 9.09. The fourth-order valence-corrected chi connectivity index (χ4v) is 2.35. The summed E-state index contributed by atoms with van der Waals surface area (Å²) < 4.78 is 5.37. The molecule has 0 aromatic rings. The van der Waals surface area contributed by atoms with Crippen LogP contribution in [0.5, 0.6) is 0 Å². The van der Waals surface area contributed by atoms with Crippen molar-refractivity contribution in [3.05, 3.63) is 49.6 Å². The largest absolute Gasteiger partial charge is 0.396 e. The Morgan fingerprint density at radius 1 is 1.00 bits per heavy atom. The third-order valence-corrected chi connectivity index (χ3v) is 4.17. The molecule has 23 heavy (non-hydrogen) atoms. The third-order valence-electron chi connectivity index (χ3n) is 3.71. The number of hydrogen-bond acceptors (Lipinski definition) is 2. The minimum Gasteiger partial charge on any atom is -0.396 e. The van der Waals surface area contributed by atoms with E-state index >= 15 is 0 Å². The van der Waals surface area contributed by atoms with Gasteiger partial charge in [-0.2, -0.15) is 0 Å². The molecule has 1 N–H and O–H groups in total. The van der Waals surface area contributed by atoms with Gasteiger partial charge in [-0.3, -0.25) is 0 Å². The van der Waals surface area contributed by atoms with Gasteiger partial charge in [0.25, 0.3) is 0 Å². The lowest BCUT2D eigenvalue weighted by molar-refractivity contribution is 0.119. The average molecular weight is 385 g/mol. The molecule has 0 saturated heterocycles. The minimum atomic E-state index is 0.365. The second kappa shape index (κ2) is 17.7. The molecule has 0 spiro atoms. The molecule has 2 aliphatic rings. The normalized spacial score (nSPS) is 22.2. The average Bonchev–Trinajstić information content (AvgIpc) is 2.64. The summed E-state index contributed by atoms with van der Waals surface area (Å²) in [4.78, 5) is 0. The number of ether oxygens (including phenoxy) is 1. The van der Waals surface area contributed by atoms with E-state index in [1.807, 2.05) is 0 Å². The number of aliphatic hydroxyl groups excluding tert-OH is 1. The molecule has 132 valence electrons. The van der Waals surface area contributed by atoms with Crippen LogP contribution in [0.1, 0.15) is 38.5 Å². The number of rotatable bonds is 6. The molecule has 2 atom stereocenters. The molecule has 2 nitrogen and oxygen atoms in total. The van der Waals surface area contributed by atoms with E-state index in [2.05, 4.69) is 53.4 Å². The first kappa shape index (κ1) is 22.4. The molecule has 0 heterocycles. The first-order valence-corrected chi connectivity index (χ1v) is 9.66.